The SMILES string of the molecule is CN(C)c1ccccc1NCc1cnn2ccccc12. The minimum Gasteiger partial charge on any atom is -0.379 e. The van der Waals surface area contributed by atoms with E-state index in [1.807, 2.05) is 35.1 Å². The quantitative estimate of drug-likeness (QED) is 0.788. The van der Waals surface area contributed by atoms with E-state index in [0.29, 0.717) is 0 Å². The molecule has 0 unspecified atom stereocenters. The van der Waals surface area contributed by atoms with Gasteiger partial charge in [-0.25, -0.2) is 4.52 Å². The van der Waals surface area contributed by atoms with Crippen molar-refractivity contribution in [3.05, 3.63) is 60.4 Å². The van der Waals surface area contributed by atoms with E-state index in [9.17, 15) is 0 Å². The molecule has 4 heteroatoms. The van der Waals surface area contributed by atoms with Gasteiger partial charge in [-0.1, -0.05) is 18.2 Å². The van der Waals surface area contributed by atoms with Crippen molar-refractivity contribution < 1.29 is 0 Å². The molecule has 0 aliphatic heterocycles. The minimum absolute atomic E-state index is 0.762. The molecule has 4 nitrogen and oxygen atoms in total. The minimum atomic E-state index is 0.762. The summed E-state index contributed by atoms with van der Waals surface area (Å²) in [4.78, 5) is 2.11. The van der Waals surface area contributed by atoms with Gasteiger partial charge in [-0.15, -0.1) is 0 Å². The summed E-state index contributed by atoms with van der Waals surface area (Å²) in [6.07, 6.45) is 3.88. The van der Waals surface area contributed by atoms with E-state index in [0.717, 1.165) is 17.7 Å². The number of fused-ring (bicyclic) bond motifs is 1. The fourth-order valence-corrected chi connectivity index (χ4v) is 2.33. The van der Waals surface area contributed by atoms with Crippen LogP contribution in [0.1, 0.15) is 5.56 Å². The topological polar surface area (TPSA) is 32.6 Å². The molecule has 20 heavy (non-hydrogen) atoms. The Hall–Kier alpha value is -2.49. The Morgan fingerprint density at radius 2 is 1.90 bits per heavy atom. The van der Waals surface area contributed by atoms with Crippen molar-refractivity contribution in [1.29, 1.82) is 0 Å². The number of aromatic nitrogens is 2. The molecule has 0 radical (unpaired) electrons. The predicted molar refractivity (Wildman–Crippen MR) is 83.3 cm³/mol. The van der Waals surface area contributed by atoms with Gasteiger partial charge in [0.05, 0.1) is 23.1 Å². The summed E-state index contributed by atoms with van der Waals surface area (Å²) in [5.41, 5.74) is 4.65. The molecular formula is C16H18N4. The largest absolute Gasteiger partial charge is 0.379 e. The van der Waals surface area contributed by atoms with Gasteiger partial charge in [0.1, 0.15) is 0 Å². The first kappa shape index (κ1) is 12.5. The van der Waals surface area contributed by atoms with Crippen LogP contribution < -0.4 is 10.2 Å². The van der Waals surface area contributed by atoms with Gasteiger partial charge in [0.15, 0.2) is 0 Å². The van der Waals surface area contributed by atoms with Gasteiger partial charge in [-0.05, 0) is 24.3 Å². The molecule has 0 fully saturated rings. The summed E-state index contributed by atoms with van der Waals surface area (Å²) >= 11 is 0. The van der Waals surface area contributed by atoms with Crippen LogP contribution in [0.15, 0.2) is 54.9 Å². The Bertz CT molecular complexity index is 715. The number of hydrogen-bond donors (Lipinski definition) is 1. The summed E-state index contributed by atoms with van der Waals surface area (Å²) in [5.74, 6) is 0. The Balaban J connectivity index is 1.83. The second-order valence-electron chi connectivity index (χ2n) is 4.97. The van der Waals surface area contributed by atoms with Crippen molar-refractivity contribution in [2.24, 2.45) is 0 Å². The van der Waals surface area contributed by atoms with Crippen LogP contribution in [0.2, 0.25) is 0 Å². The Morgan fingerprint density at radius 3 is 2.75 bits per heavy atom. The molecule has 0 saturated heterocycles. The molecule has 0 bridgehead atoms. The fraction of sp³-hybridized carbons (Fsp3) is 0.188. The van der Waals surface area contributed by atoms with Gasteiger partial charge in [0.2, 0.25) is 0 Å². The van der Waals surface area contributed by atoms with Crippen LogP contribution in [-0.2, 0) is 6.54 Å². The first-order valence-electron chi connectivity index (χ1n) is 6.67. The number of rotatable bonds is 4. The highest BCUT2D eigenvalue weighted by atomic mass is 15.2. The monoisotopic (exact) mass is 266 g/mol. The highest BCUT2D eigenvalue weighted by Gasteiger charge is 2.06. The lowest BCUT2D eigenvalue weighted by molar-refractivity contribution is 0.961. The smallest absolute Gasteiger partial charge is 0.0711 e. The summed E-state index contributed by atoms with van der Waals surface area (Å²) in [6.45, 7) is 0.762. The molecule has 1 N–H and O–H groups in total. The third-order valence-electron chi connectivity index (χ3n) is 3.36. The second-order valence-corrected chi connectivity index (χ2v) is 4.97. The standard InChI is InChI=1S/C16H18N4/c1-19(2)16-9-4-3-7-14(16)17-11-13-12-18-20-10-6-5-8-15(13)20/h3-10,12,17H,11H2,1-2H3. The van der Waals surface area contributed by atoms with Crippen LogP contribution in [0.4, 0.5) is 11.4 Å². The van der Waals surface area contributed by atoms with E-state index in [4.69, 9.17) is 0 Å². The van der Waals surface area contributed by atoms with Gasteiger partial charge in [-0.2, -0.15) is 5.10 Å². The molecule has 0 atom stereocenters. The zero-order valence-corrected chi connectivity index (χ0v) is 11.7. The number of hydrogen-bond acceptors (Lipinski definition) is 3. The third-order valence-corrected chi connectivity index (χ3v) is 3.36. The maximum atomic E-state index is 4.35. The zero-order valence-electron chi connectivity index (χ0n) is 11.7. The first-order chi connectivity index (χ1) is 9.75. The number of pyridine rings is 1. The molecule has 0 spiro atoms. The molecule has 2 heterocycles. The number of nitrogens with zero attached hydrogens (tertiary/aromatic N) is 3. The maximum absolute atomic E-state index is 4.35. The molecule has 3 rings (SSSR count). The van der Waals surface area contributed by atoms with Crippen molar-refractivity contribution in [3.63, 3.8) is 0 Å². The summed E-state index contributed by atoms with van der Waals surface area (Å²) in [5, 5.41) is 7.85. The van der Waals surface area contributed by atoms with E-state index >= 15 is 0 Å². The average Bonchev–Trinajstić information content (AvgIpc) is 2.88. The molecule has 3 aromatic rings. The second kappa shape index (κ2) is 5.25. The van der Waals surface area contributed by atoms with Crippen LogP contribution in [-0.4, -0.2) is 23.7 Å². The molecule has 0 amide bonds. The predicted octanol–water partition coefficient (Wildman–Crippen LogP) is 3.01. The van der Waals surface area contributed by atoms with Gasteiger partial charge in [-0.3, -0.25) is 0 Å². The summed E-state index contributed by atoms with van der Waals surface area (Å²) < 4.78 is 1.90. The van der Waals surface area contributed by atoms with Crippen molar-refractivity contribution >= 4 is 16.9 Å². The highest BCUT2D eigenvalue weighted by Crippen LogP contribution is 2.24. The lowest BCUT2D eigenvalue weighted by atomic mass is 10.2. The molecule has 2 aromatic heterocycles. The number of para-hydroxylation sites is 2. The van der Waals surface area contributed by atoms with Crippen molar-refractivity contribution in [2.45, 2.75) is 6.54 Å². The van der Waals surface area contributed by atoms with Crippen LogP contribution in [0.25, 0.3) is 5.52 Å². The average molecular weight is 266 g/mol. The van der Waals surface area contributed by atoms with E-state index in [1.54, 1.807) is 0 Å². The van der Waals surface area contributed by atoms with Crippen LogP contribution in [0, 0.1) is 0 Å². The zero-order chi connectivity index (χ0) is 13.9. The van der Waals surface area contributed by atoms with Gasteiger partial charge in [0, 0.05) is 32.4 Å². The summed E-state index contributed by atoms with van der Waals surface area (Å²) in [7, 11) is 4.10. The van der Waals surface area contributed by atoms with Crippen LogP contribution in [0.5, 0.6) is 0 Å². The third kappa shape index (κ3) is 2.32. The van der Waals surface area contributed by atoms with Crippen molar-refractivity contribution in [1.82, 2.24) is 9.61 Å². The lowest BCUT2D eigenvalue weighted by Crippen LogP contribution is -2.12. The van der Waals surface area contributed by atoms with Crippen molar-refractivity contribution in [3.8, 4) is 0 Å². The lowest BCUT2D eigenvalue weighted by Gasteiger charge is -2.18. The Kier molecular flexibility index (Phi) is 3.29. The van der Waals surface area contributed by atoms with Crippen molar-refractivity contribution in [2.75, 3.05) is 24.3 Å². The molecule has 102 valence electrons. The van der Waals surface area contributed by atoms with E-state index in [1.165, 1.54) is 11.3 Å². The molecule has 1 aromatic carbocycles. The number of nitrogens with one attached hydrogen (secondary N) is 1. The first-order valence-corrected chi connectivity index (χ1v) is 6.67. The van der Waals surface area contributed by atoms with Crippen LogP contribution in [0.3, 0.4) is 0 Å². The molecular weight excluding hydrogens is 248 g/mol. The van der Waals surface area contributed by atoms with Gasteiger partial charge < -0.3 is 10.2 Å². The van der Waals surface area contributed by atoms with E-state index in [2.05, 4.69) is 53.7 Å². The van der Waals surface area contributed by atoms with Gasteiger partial charge >= 0.3 is 0 Å². The Labute approximate surface area is 118 Å². The highest BCUT2D eigenvalue weighted by molar-refractivity contribution is 5.69. The van der Waals surface area contributed by atoms with E-state index in [-0.39, 0.29) is 0 Å². The van der Waals surface area contributed by atoms with Crippen LogP contribution >= 0.6 is 0 Å². The fourth-order valence-electron chi connectivity index (χ4n) is 2.33. The van der Waals surface area contributed by atoms with Gasteiger partial charge in [0.25, 0.3) is 0 Å². The number of anilines is 2. The Morgan fingerprint density at radius 1 is 1.10 bits per heavy atom. The normalized spacial score (nSPS) is 10.7. The van der Waals surface area contributed by atoms with E-state index < -0.39 is 0 Å². The molecule has 0 saturated carbocycles. The summed E-state index contributed by atoms with van der Waals surface area (Å²) in [6, 6.07) is 14.4. The molecule has 0 aliphatic rings. The number of benzene rings is 1. The molecule has 0 aliphatic carbocycles. The maximum Gasteiger partial charge on any atom is 0.0711 e.